The van der Waals surface area contributed by atoms with E-state index < -0.39 is 11.9 Å². The Morgan fingerprint density at radius 1 is 1.17 bits per heavy atom. The molecule has 1 N–H and O–H groups in total. The quantitative estimate of drug-likeness (QED) is 0.367. The molecule has 122 valence electrons. The molecule has 0 atom stereocenters. The van der Waals surface area contributed by atoms with Gasteiger partial charge in [0.2, 0.25) is 0 Å². The number of esters is 1. The first kappa shape index (κ1) is 17.0. The van der Waals surface area contributed by atoms with Crippen LogP contribution in [-0.4, -0.2) is 18.5 Å². The minimum Gasteiger partial charge on any atom is -0.459 e. The van der Waals surface area contributed by atoms with Gasteiger partial charge in [-0.3, -0.25) is 4.79 Å². The third-order valence-electron chi connectivity index (χ3n) is 2.90. The second-order valence-electron chi connectivity index (χ2n) is 4.67. The zero-order valence-electron chi connectivity index (χ0n) is 13.0. The number of carbonyl (C=O) groups is 2. The van der Waals surface area contributed by atoms with Crippen molar-refractivity contribution in [1.82, 2.24) is 5.32 Å². The molecule has 0 aliphatic heterocycles. The van der Waals surface area contributed by atoms with Gasteiger partial charge in [-0.05, 0) is 23.8 Å². The summed E-state index contributed by atoms with van der Waals surface area (Å²) in [5.41, 5.74) is 0.968. The Labute approximate surface area is 139 Å². The van der Waals surface area contributed by atoms with Gasteiger partial charge in [-0.25, -0.2) is 4.79 Å². The number of rotatable bonds is 7. The van der Waals surface area contributed by atoms with Crippen molar-refractivity contribution in [3.05, 3.63) is 90.6 Å². The summed E-state index contributed by atoms with van der Waals surface area (Å²) in [4.78, 5) is 24.1. The van der Waals surface area contributed by atoms with E-state index in [1.165, 1.54) is 24.5 Å². The number of hydrogen-bond acceptors (Lipinski definition) is 4. The topological polar surface area (TPSA) is 68.5 Å². The minimum absolute atomic E-state index is 0.00503. The van der Waals surface area contributed by atoms with Gasteiger partial charge in [0.05, 0.1) is 6.26 Å². The third kappa shape index (κ3) is 5.14. The molecule has 0 radical (unpaired) electrons. The molecule has 2 rings (SSSR count). The maximum Gasteiger partial charge on any atom is 0.355 e. The number of carbonyl (C=O) groups excluding carboxylic acids is 2. The molecule has 1 heterocycles. The Kier molecular flexibility index (Phi) is 6.35. The zero-order valence-corrected chi connectivity index (χ0v) is 13.0. The van der Waals surface area contributed by atoms with Gasteiger partial charge in [0.25, 0.3) is 5.91 Å². The molecule has 1 amide bonds. The molecule has 5 nitrogen and oxygen atoms in total. The molecular weight excluding hydrogens is 306 g/mol. The highest BCUT2D eigenvalue weighted by atomic mass is 16.5. The van der Waals surface area contributed by atoms with Gasteiger partial charge in [-0.2, -0.15) is 0 Å². The largest absolute Gasteiger partial charge is 0.459 e. The van der Waals surface area contributed by atoms with E-state index in [1.54, 1.807) is 18.2 Å². The summed E-state index contributed by atoms with van der Waals surface area (Å²) in [5.74, 6) is -1.09. The molecule has 0 saturated heterocycles. The van der Waals surface area contributed by atoms with E-state index >= 15 is 0 Å². The number of ether oxygens (including phenoxy) is 1. The van der Waals surface area contributed by atoms with Crippen LogP contribution in [0.1, 0.15) is 16.1 Å². The summed E-state index contributed by atoms with van der Waals surface area (Å²) in [7, 11) is 0. The normalized spacial score (nSPS) is 11.2. The van der Waals surface area contributed by atoms with Crippen LogP contribution in [0, 0.1) is 0 Å². The second-order valence-corrected chi connectivity index (χ2v) is 4.67. The molecule has 1 aromatic carbocycles. The monoisotopic (exact) mass is 323 g/mol. The number of hydrogen-bond donors (Lipinski definition) is 1. The van der Waals surface area contributed by atoms with E-state index in [1.807, 2.05) is 30.3 Å². The number of allylic oxidation sites excluding steroid dienone is 2. The molecular formula is C19H17NO4. The maximum atomic E-state index is 12.0. The molecule has 0 spiro atoms. The Bertz CT molecular complexity index is 743. The van der Waals surface area contributed by atoms with Gasteiger partial charge >= 0.3 is 5.97 Å². The number of nitrogens with one attached hydrogen (secondary N) is 1. The Morgan fingerprint density at radius 3 is 2.62 bits per heavy atom. The zero-order chi connectivity index (χ0) is 17.2. The van der Waals surface area contributed by atoms with Crippen molar-refractivity contribution >= 4 is 18.0 Å². The predicted octanol–water partition coefficient (Wildman–Crippen LogP) is 3.34. The van der Waals surface area contributed by atoms with Crippen LogP contribution in [0.15, 0.2) is 83.6 Å². The van der Waals surface area contributed by atoms with Crippen LogP contribution in [0.4, 0.5) is 0 Å². The van der Waals surface area contributed by atoms with E-state index in [4.69, 9.17) is 9.15 Å². The fraction of sp³-hybridized carbons (Fsp3) is 0.0526. The lowest BCUT2D eigenvalue weighted by Gasteiger charge is -2.07. The van der Waals surface area contributed by atoms with Crippen LogP contribution in [0.3, 0.4) is 0 Å². The summed E-state index contributed by atoms with van der Waals surface area (Å²) in [5, 5.41) is 2.48. The molecule has 0 aliphatic carbocycles. The Balaban J connectivity index is 2.13. The summed E-state index contributed by atoms with van der Waals surface area (Å²) in [6, 6.07) is 12.6. The lowest BCUT2D eigenvalue weighted by molar-refractivity contribution is -0.138. The third-order valence-corrected chi connectivity index (χ3v) is 2.90. The van der Waals surface area contributed by atoms with Crippen LogP contribution >= 0.6 is 0 Å². The molecule has 2 aromatic rings. The van der Waals surface area contributed by atoms with Crippen LogP contribution in [0.25, 0.3) is 6.08 Å². The minimum atomic E-state index is -0.660. The van der Waals surface area contributed by atoms with Crippen molar-refractivity contribution < 1.29 is 18.7 Å². The first-order valence-corrected chi connectivity index (χ1v) is 7.27. The second kappa shape index (κ2) is 8.95. The van der Waals surface area contributed by atoms with Gasteiger partial charge < -0.3 is 14.5 Å². The molecule has 0 fully saturated rings. The lowest BCUT2D eigenvalue weighted by atomic mass is 10.2. The Hall–Kier alpha value is -3.34. The summed E-state index contributed by atoms with van der Waals surface area (Å²) >= 11 is 0. The van der Waals surface area contributed by atoms with Crippen molar-refractivity contribution in [3.8, 4) is 0 Å². The highest BCUT2D eigenvalue weighted by Gasteiger charge is 2.16. The predicted molar refractivity (Wildman–Crippen MR) is 90.9 cm³/mol. The van der Waals surface area contributed by atoms with Crippen molar-refractivity contribution in [2.24, 2.45) is 0 Å². The highest BCUT2D eigenvalue weighted by molar-refractivity contribution is 5.99. The average Bonchev–Trinajstić information content (AvgIpc) is 3.14. The molecule has 0 saturated carbocycles. The number of furan rings is 1. The number of benzene rings is 1. The van der Waals surface area contributed by atoms with Crippen molar-refractivity contribution in [2.45, 2.75) is 0 Å². The molecule has 0 unspecified atom stereocenters. The summed E-state index contributed by atoms with van der Waals surface area (Å²) < 4.78 is 9.98. The van der Waals surface area contributed by atoms with Crippen LogP contribution in [-0.2, 0) is 9.53 Å². The van der Waals surface area contributed by atoms with Crippen molar-refractivity contribution in [3.63, 3.8) is 0 Å². The summed E-state index contributed by atoms with van der Waals surface area (Å²) in [6.07, 6.45) is 7.76. The van der Waals surface area contributed by atoms with Gasteiger partial charge in [-0.1, -0.05) is 55.1 Å². The fourth-order valence-corrected chi connectivity index (χ4v) is 1.78. The van der Waals surface area contributed by atoms with E-state index in [-0.39, 0.29) is 18.1 Å². The SMILES string of the molecule is C=CCOC(=O)/C(=C\C=C\c1ccccc1)NC(=O)c1ccco1. The van der Waals surface area contributed by atoms with Gasteiger partial charge in [-0.15, -0.1) is 0 Å². The van der Waals surface area contributed by atoms with E-state index in [2.05, 4.69) is 11.9 Å². The first-order valence-electron chi connectivity index (χ1n) is 7.27. The van der Waals surface area contributed by atoms with Crippen molar-refractivity contribution in [1.29, 1.82) is 0 Å². The van der Waals surface area contributed by atoms with Crippen LogP contribution in [0.5, 0.6) is 0 Å². The van der Waals surface area contributed by atoms with E-state index in [0.29, 0.717) is 0 Å². The number of amides is 1. The van der Waals surface area contributed by atoms with Crippen molar-refractivity contribution in [2.75, 3.05) is 6.61 Å². The van der Waals surface area contributed by atoms with Crippen LogP contribution < -0.4 is 5.32 Å². The molecule has 24 heavy (non-hydrogen) atoms. The highest BCUT2D eigenvalue weighted by Crippen LogP contribution is 2.05. The average molecular weight is 323 g/mol. The molecule has 1 aromatic heterocycles. The first-order chi connectivity index (χ1) is 11.7. The molecule has 0 bridgehead atoms. The van der Waals surface area contributed by atoms with Gasteiger partial charge in [0.1, 0.15) is 12.3 Å². The molecule has 5 heteroatoms. The molecule has 0 aliphatic rings. The summed E-state index contributed by atoms with van der Waals surface area (Å²) in [6.45, 7) is 3.53. The van der Waals surface area contributed by atoms with Crippen LogP contribution in [0.2, 0.25) is 0 Å². The maximum absolute atomic E-state index is 12.0. The van der Waals surface area contributed by atoms with E-state index in [0.717, 1.165) is 5.56 Å². The van der Waals surface area contributed by atoms with E-state index in [9.17, 15) is 9.59 Å². The fourth-order valence-electron chi connectivity index (χ4n) is 1.78. The lowest BCUT2D eigenvalue weighted by Crippen LogP contribution is -2.28. The smallest absolute Gasteiger partial charge is 0.355 e. The Morgan fingerprint density at radius 2 is 1.96 bits per heavy atom. The van der Waals surface area contributed by atoms with Gasteiger partial charge in [0, 0.05) is 0 Å². The standard InChI is InChI=1S/C19H17NO4/c1-2-13-24-19(22)16(20-18(21)17-12-7-14-23-17)11-6-10-15-8-4-3-5-9-15/h2-12,14H,1,13H2,(H,20,21)/b10-6+,16-11+. The van der Waals surface area contributed by atoms with Gasteiger partial charge in [0.15, 0.2) is 5.76 Å².